The molecule has 0 aliphatic carbocycles. The Bertz CT molecular complexity index is 1420. The molecule has 4 aromatic rings. The number of rotatable bonds is 5. The lowest BCUT2D eigenvalue weighted by molar-refractivity contribution is 0.180. The first-order valence-electron chi connectivity index (χ1n) is 11.3. The summed E-state index contributed by atoms with van der Waals surface area (Å²) >= 11 is 0. The summed E-state index contributed by atoms with van der Waals surface area (Å²) in [4.78, 5) is 8.86. The van der Waals surface area contributed by atoms with Crippen LogP contribution in [0.25, 0.3) is 17.8 Å². The zero-order valence-electron chi connectivity index (χ0n) is 19.3. The highest BCUT2D eigenvalue weighted by Crippen LogP contribution is 2.39. The summed E-state index contributed by atoms with van der Waals surface area (Å²) in [6.45, 7) is 4.08. The second-order valence-corrected chi connectivity index (χ2v) is 8.92. The molecule has 1 N–H and O–H groups in total. The van der Waals surface area contributed by atoms with Crippen molar-refractivity contribution in [1.29, 1.82) is 0 Å². The van der Waals surface area contributed by atoms with E-state index >= 15 is 0 Å². The van der Waals surface area contributed by atoms with Crippen LogP contribution in [0.2, 0.25) is 0 Å². The lowest BCUT2D eigenvalue weighted by Gasteiger charge is -2.35. The SMILES string of the molecule is Cc1cn(-c2ccc(/C=C/c3nc4n(n3)CCC[C@]4(CO)c3cc(F)c(F)c(F)c3)cc2C)cn1. The monoisotopic (exact) mass is 479 g/mol. The molecule has 5 rings (SSSR count). The number of aliphatic hydroxyl groups excluding tert-OH is 1. The van der Waals surface area contributed by atoms with E-state index in [1.807, 2.05) is 48.9 Å². The van der Waals surface area contributed by atoms with Gasteiger partial charge in [0.05, 0.1) is 24.0 Å². The summed E-state index contributed by atoms with van der Waals surface area (Å²) in [5.41, 5.74) is 2.96. The second kappa shape index (κ2) is 8.81. The fraction of sp³-hybridized carbons (Fsp3) is 0.269. The lowest BCUT2D eigenvalue weighted by atomic mass is 9.74. The predicted octanol–water partition coefficient (Wildman–Crippen LogP) is 4.74. The van der Waals surface area contributed by atoms with Crippen molar-refractivity contribution in [3.8, 4) is 5.69 Å². The smallest absolute Gasteiger partial charge is 0.194 e. The maximum atomic E-state index is 14.0. The molecule has 35 heavy (non-hydrogen) atoms. The zero-order chi connectivity index (χ0) is 24.7. The number of hydrogen-bond donors (Lipinski definition) is 1. The van der Waals surface area contributed by atoms with Gasteiger partial charge in [-0.15, -0.1) is 0 Å². The molecule has 1 atom stereocenters. The van der Waals surface area contributed by atoms with Crippen LogP contribution < -0.4 is 0 Å². The molecule has 2 aromatic heterocycles. The summed E-state index contributed by atoms with van der Waals surface area (Å²) in [6, 6.07) is 7.89. The van der Waals surface area contributed by atoms with Gasteiger partial charge >= 0.3 is 0 Å². The predicted molar refractivity (Wildman–Crippen MR) is 125 cm³/mol. The Kier molecular flexibility index (Phi) is 5.80. The Morgan fingerprint density at radius 2 is 1.86 bits per heavy atom. The van der Waals surface area contributed by atoms with E-state index in [1.54, 1.807) is 17.1 Å². The van der Waals surface area contributed by atoms with E-state index in [1.165, 1.54) is 0 Å². The lowest BCUT2D eigenvalue weighted by Crippen LogP contribution is -2.39. The molecule has 0 unspecified atom stereocenters. The van der Waals surface area contributed by atoms with Gasteiger partial charge in [-0.05, 0) is 73.7 Å². The molecule has 0 radical (unpaired) electrons. The minimum atomic E-state index is -1.53. The summed E-state index contributed by atoms with van der Waals surface area (Å²) in [6.07, 6.45) is 8.41. The third kappa shape index (κ3) is 4.05. The molecule has 6 nitrogen and oxygen atoms in total. The summed E-state index contributed by atoms with van der Waals surface area (Å²) < 4.78 is 45.2. The molecule has 1 aliphatic rings. The van der Waals surface area contributed by atoms with E-state index in [2.05, 4.69) is 15.1 Å². The quantitative estimate of drug-likeness (QED) is 0.420. The number of hydrogen-bond acceptors (Lipinski definition) is 4. The standard InChI is InChI=1S/C26H24F3N5O/c1-16-10-18(4-6-22(16)33-13-17(2)30-15-33)5-7-23-31-25-26(14-35,8-3-9-34(25)32-23)19-11-20(27)24(29)21(28)12-19/h4-7,10-13,15,35H,3,8-9,14H2,1-2H3/b7-5+/t26-/m0/s1. The normalized spacial score (nSPS) is 17.8. The number of imidazole rings is 1. The Labute approximate surface area is 200 Å². The maximum Gasteiger partial charge on any atom is 0.194 e. The number of aryl methyl sites for hydroxylation is 3. The van der Waals surface area contributed by atoms with Crippen LogP contribution in [0.5, 0.6) is 0 Å². The van der Waals surface area contributed by atoms with E-state index in [9.17, 15) is 18.3 Å². The summed E-state index contributed by atoms with van der Waals surface area (Å²) in [5, 5.41) is 14.8. The first-order valence-corrected chi connectivity index (χ1v) is 11.3. The van der Waals surface area contributed by atoms with Crippen LogP contribution in [0.3, 0.4) is 0 Å². The number of aliphatic hydroxyl groups is 1. The van der Waals surface area contributed by atoms with Gasteiger partial charge in [0.15, 0.2) is 23.3 Å². The summed E-state index contributed by atoms with van der Waals surface area (Å²) in [5.74, 6) is -3.32. The van der Waals surface area contributed by atoms with Crippen LogP contribution in [0.4, 0.5) is 13.2 Å². The van der Waals surface area contributed by atoms with Gasteiger partial charge in [0, 0.05) is 18.4 Å². The van der Waals surface area contributed by atoms with E-state index in [4.69, 9.17) is 0 Å². The molecule has 0 amide bonds. The Hall–Kier alpha value is -3.72. The van der Waals surface area contributed by atoms with Crippen LogP contribution in [-0.4, -0.2) is 36.0 Å². The Morgan fingerprint density at radius 1 is 1.09 bits per heavy atom. The van der Waals surface area contributed by atoms with Gasteiger partial charge < -0.3 is 9.67 Å². The highest BCUT2D eigenvalue weighted by Gasteiger charge is 2.42. The number of aromatic nitrogens is 5. The molecule has 0 bridgehead atoms. The van der Waals surface area contributed by atoms with Crippen LogP contribution in [-0.2, 0) is 12.0 Å². The van der Waals surface area contributed by atoms with Gasteiger partial charge in [-0.2, -0.15) is 5.10 Å². The average Bonchev–Trinajstić information content (AvgIpc) is 3.46. The highest BCUT2D eigenvalue weighted by atomic mass is 19.2. The Balaban J connectivity index is 1.47. The van der Waals surface area contributed by atoms with Gasteiger partial charge in [0.2, 0.25) is 0 Å². The second-order valence-electron chi connectivity index (χ2n) is 8.92. The van der Waals surface area contributed by atoms with Crippen molar-refractivity contribution in [3.05, 3.63) is 94.3 Å². The number of benzene rings is 2. The van der Waals surface area contributed by atoms with Gasteiger partial charge in [0.25, 0.3) is 0 Å². The fourth-order valence-electron chi connectivity index (χ4n) is 4.72. The highest BCUT2D eigenvalue weighted by molar-refractivity contribution is 5.68. The van der Waals surface area contributed by atoms with Crippen molar-refractivity contribution in [1.82, 2.24) is 24.3 Å². The molecule has 180 valence electrons. The van der Waals surface area contributed by atoms with E-state index in [0.717, 1.165) is 34.6 Å². The minimum absolute atomic E-state index is 0.140. The maximum absolute atomic E-state index is 14.0. The van der Waals surface area contributed by atoms with E-state index in [0.29, 0.717) is 31.0 Å². The van der Waals surface area contributed by atoms with Crippen LogP contribution in [0.15, 0.2) is 42.9 Å². The molecular formula is C26H24F3N5O. The molecule has 2 aromatic carbocycles. The topological polar surface area (TPSA) is 68.8 Å². The average molecular weight is 480 g/mol. The largest absolute Gasteiger partial charge is 0.395 e. The number of fused-ring (bicyclic) bond motifs is 1. The van der Waals surface area contributed by atoms with Crippen molar-refractivity contribution in [3.63, 3.8) is 0 Å². The molecule has 0 spiro atoms. The number of nitrogens with zero attached hydrogens (tertiary/aromatic N) is 5. The molecule has 9 heteroatoms. The first-order chi connectivity index (χ1) is 16.8. The molecule has 0 saturated heterocycles. The van der Waals surface area contributed by atoms with Crippen LogP contribution in [0.1, 0.15) is 46.9 Å². The third-order valence-electron chi connectivity index (χ3n) is 6.53. The molecule has 0 fully saturated rings. The number of halogens is 3. The van der Waals surface area contributed by atoms with Crippen molar-refractivity contribution in [2.24, 2.45) is 0 Å². The van der Waals surface area contributed by atoms with Gasteiger partial charge in [-0.1, -0.05) is 12.1 Å². The first kappa shape index (κ1) is 23.0. The minimum Gasteiger partial charge on any atom is -0.395 e. The molecular weight excluding hydrogens is 455 g/mol. The van der Waals surface area contributed by atoms with E-state index < -0.39 is 29.5 Å². The molecule has 3 heterocycles. The van der Waals surface area contributed by atoms with Crippen molar-refractivity contribution >= 4 is 12.2 Å². The van der Waals surface area contributed by atoms with Gasteiger partial charge in [-0.3, -0.25) is 0 Å². The zero-order valence-corrected chi connectivity index (χ0v) is 19.3. The van der Waals surface area contributed by atoms with Crippen molar-refractivity contribution in [2.75, 3.05) is 6.61 Å². The van der Waals surface area contributed by atoms with Crippen molar-refractivity contribution in [2.45, 2.75) is 38.6 Å². The van der Waals surface area contributed by atoms with Gasteiger partial charge in [0.1, 0.15) is 5.82 Å². The van der Waals surface area contributed by atoms with Crippen LogP contribution in [0, 0.1) is 31.3 Å². The van der Waals surface area contributed by atoms with Crippen LogP contribution >= 0.6 is 0 Å². The Morgan fingerprint density at radius 3 is 2.51 bits per heavy atom. The summed E-state index contributed by atoms with van der Waals surface area (Å²) in [7, 11) is 0. The van der Waals surface area contributed by atoms with Gasteiger partial charge in [-0.25, -0.2) is 27.8 Å². The molecule has 1 aliphatic heterocycles. The molecule has 0 saturated carbocycles. The van der Waals surface area contributed by atoms with Crippen molar-refractivity contribution < 1.29 is 18.3 Å². The van der Waals surface area contributed by atoms with E-state index in [-0.39, 0.29) is 5.56 Å². The third-order valence-corrected chi connectivity index (χ3v) is 6.53. The fourth-order valence-corrected chi connectivity index (χ4v) is 4.72.